The Hall–Kier alpha value is -3.67. The van der Waals surface area contributed by atoms with Crippen LogP contribution in [0.5, 0.6) is 5.75 Å². The second kappa shape index (κ2) is 11.3. The lowest BCUT2D eigenvalue weighted by molar-refractivity contribution is -0.385. The Kier molecular flexibility index (Phi) is 8.74. The molecule has 0 bridgehead atoms. The third-order valence-corrected chi connectivity index (χ3v) is 6.12. The lowest BCUT2D eigenvalue weighted by Crippen LogP contribution is -2.31. The predicted octanol–water partition coefficient (Wildman–Crippen LogP) is 3.45. The Morgan fingerprint density at radius 3 is 2.33 bits per heavy atom. The number of hydrazone groups is 1. The summed E-state index contributed by atoms with van der Waals surface area (Å²) < 4.78 is 33.5. The summed E-state index contributed by atoms with van der Waals surface area (Å²) >= 11 is 0. The van der Waals surface area contributed by atoms with Crippen LogP contribution in [0, 0.1) is 10.1 Å². The first-order valence-electron chi connectivity index (χ1n) is 10.1. The molecule has 2 rings (SSSR count). The van der Waals surface area contributed by atoms with Crippen molar-refractivity contribution in [2.24, 2.45) is 5.10 Å². The molecule has 11 nitrogen and oxygen atoms in total. The minimum absolute atomic E-state index is 0.0243. The van der Waals surface area contributed by atoms with Gasteiger partial charge in [0.15, 0.2) is 0 Å². The van der Waals surface area contributed by atoms with Crippen molar-refractivity contribution < 1.29 is 22.9 Å². The highest BCUT2D eigenvalue weighted by molar-refractivity contribution is 7.92. The maximum absolute atomic E-state index is 13.0. The van der Waals surface area contributed by atoms with E-state index in [1.165, 1.54) is 31.4 Å². The number of nitrogens with zero attached hydrogens (tertiary/aromatic N) is 3. The standard InChI is InChI=1S/C21H27N5O6S/c1-5-25(6-2)21(27)13-15(3)22-23-19-12-9-17(26(28)29)14-20(19)33(30,31)24-16-7-10-18(32-4)11-8-16/h7-12,14,23-24H,5-6,13H2,1-4H3/b22-15+. The van der Waals surface area contributed by atoms with E-state index >= 15 is 0 Å². The highest BCUT2D eigenvalue weighted by Crippen LogP contribution is 2.29. The molecule has 2 N–H and O–H groups in total. The summed E-state index contributed by atoms with van der Waals surface area (Å²) in [6, 6.07) is 9.52. The van der Waals surface area contributed by atoms with Gasteiger partial charge in [0, 0.05) is 36.6 Å². The first-order valence-corrected chi connectivity index (χ1v) is 11.6. The molecule has 0 saturated heterocycles. The molecule has 12 heteroatoms. The maximum atomic E-state index is 13.0. The molecule has 0 aliphatic heterocycles. The Balaban J connectivity index is 2.33. The van der Waals surface area contributed by atoms with Crippen LogP contribution in [0.3, 0.4) is 0 Å². The zero-order valence-electron chi connectivity index (χ0n) is 18.9. The number of nitro benzene ring substituents is 1. The van der Waals surface area contributed by atoms with Crippen molar-refractivity contribution in [3.8, 4) is 5.75 Å². The average molecular weight is 478 g/mol. The van der Waals surface area contributed by atoms with Gasteiger partial charge < -0.3 is 9.64 Å². The number of non-ortho nitro benzene ring substituents is 1. The zero-order chi connectivity index (χ0) is 24.6. The lowest BCUT2D eigenvalue weighted by atomic mass is 10.2. The molecule has 0 aliphatic carbocycles. The first-order chi connectivity index (χ1) is 15.6. The summed E-state index contributed by atoms with van der Waals surface area (Å²) in [4.78, 5) is 24.1. The number of nitro groups is 1. The molecule has 2 aromatic carbocycles. The van der Waals surface area contributed by atoms with Gasteiger partial charge in [-0.1, -0.05) is 0 Å². The third-order valence-electron chi connectivity index (χ3n) is 4.70. The SMILES string of the molecule is CCN(CC)C(=O)C/C(C)=N/Nc1ccc([N+](=O)[O-])cc1S(=O)(=O)Nc1ccc(OC)cc1. The van der Waals surface area contributed by atoms with E-state index in [-0.39, 0.29) is 28.6 Å². The van der Waals surface area contributed by atoms with E-state index in [1.807, 2.05) is 13.8 Å². The fourth-order valence-corrected chi connectivity index (χ4v) is 4.15. The number of benzene rings is 2. The van der Waals surface area contributed by atoms with Crippen LogP contribution in [-0.4, -0.2) is 50.1 Å². The molecule has 0 spiro atoms. The van der Waals surface area contributed by atoms with Crippen molar-refractivity contribution in [2.75, 3.05) is 30.3 Å². The maximum Gasteiger partial charge on any atom is 0.270 e. The highest BCUT2D eigenvalue weighted by atomic mass is 32.2. The number of carbonyl (C=O) groups is 1. The number of nitrogens with one attached hydrogen (secondary N) is 2. The number of hydrogen-bond acceptors (Lipinski definition) is 8. The number of rotatable bonds is 11. The van der Waals surface area contributed by atoms with Gasteiger partial charge in [0.1, 0.15) is 10.6 Å². The fourth-order valence-electron chi connectivity index (χ4n) is 2.91. The second-order valence-electron chi connectivity index (χ2n) is 6.97. The largest absolute Gasteiger partial charge is 0.497 e. The summed E-state index contributed by atoms with van der Waals surface area (Å²) in [7, 11) is -2.73. The second-order valence-corrected chi connectivity index (χ2v) is 8.62. The predicted molar refractivity (Wildman–Crippen MR) is 126 cm³/mol. The summed E-state index contributed by atoms with van der Waals surface area (Å²) in [5, 5.41) is 15.3. The number of amides is 1. The number of anilines is 2. The summed E-state index contributed by atoms with van der Waals surface area (Å²) in [5.41, 5.74) is 2.93. The van der Waals surface area contributed by atoms with Crippen LogP contribution in [0.4, 0.5) is 17.1 Å². The van der Waals surface area contributed by atoms with Crippen molar-refractivity contribution >= 4 is 38.7 Å². The van der Waals surface area contributed by atoms with Gasteiger partial charge in [-0.2, -0.15) is 5.10 Å². The Labute approximate surface area is 192 Å². The van der Waals surface area contributed by atoms with E-state index in [4.69, 9.17) is 4.74 Å². The van der Waals surface area contributed by atoms with Crippen molar-refractivity contribution in [3.63, 3.8) is 0 Å². The van der Waals surface area contributed by atoms with Crippen LogP contribution in [-0.2, 0) is 14.8 Å². The minimum atomic E-state index is -4.21. The Bertz CT molecular complexity index is 1130. The number of hydrogen-bond donors (Lipinski definition) is 2. The fraction of sp³-hybridized carbons (Fsp3) is 0.333. The van der Waals surface area contributed by atoms with E-state index in [9.17, 15) is 23.3 Å². The third kappa shape index (κ3) is 6.91. The molecule has 0 aliphatic rings. The number of sulfonamides is 1. The minimum Gasteiger partial charge on any atom is -0.497 e. The van der Waals surface area contributed by atoms with Crippen LogP contribution < -0.4 is 14.9 Å². The van der Waals surface area contributed by atoms with Crippen molar-refractivity contribution in [1.29, 1.82) is 0 Å². The Morgan fingerprint density at radius 2 is 1.79 bits per heavy atom. The van der Waals surface area contributed by atoms with Gasteiger partial charge >= 0.3 is 0 Å². The van der Waals surface area contributed by atoms with E-state index in [2.05, 4.69) is 15.2 Å². The van der Waals surface area contributed by atoms with Gasteiger partial charge in [-0.3, -0.25) is 25.1 Å². The van der Waals surface area contributed by atoms with Gasteiger partial charge in [0.05, 0.1) is 24.1 Å². The molecule has 0 heterocycles. The van der Waals surface area contributed by atoms with Gasteiger partial charge in [-0.15, -0.1) is 0 Å². The summed E-state index contributed by atoms with van der Waals surface area (Å²) in [6.45, 7) is 6.51. The molecule has 0 fully saturated rings. The van der Waals surface area contributed by atoms with Gasteiger partial charge in [0.2, 0.25) is 5.91 Å². The van der Waals surface area contributed by atoms with Crippen LogP contribution in [0.25, 0.3) is 0 Å². The van der Waals surface area contributed by atoms with Gasteiger partial charge in [-0.05, 0) is 51.1 Å². The molecule has 0 radical (unpaired) electrons. The molecule has 2 aromatic rings. The molecular weight excluding hydrogens is 450 g/mol. The zero-order valence-corrected chi connectivity index (χ0v) is 19.7. The normalized spacial score (nSPS) is 11.6. The molecule has 0 unspecified atom stereocenters. The van der Waals surface area contributed by atoms with Crippen LogP contribution >= 0.6 is 0 Å². The van der Waals surface area contributed by atoms with E-state index < -0.39 is 20.6 Å². The number of ether oxygens (including phenoxy) is 1. The van der Waals surface area contributed by atoms with Crippen molar-refractivity contribution in [2.45, 2.75) is 32.1 Å². The highest BCUT2D eigenvalue weighted by Gasteiger charge is 2.23. The van der Waals surface area contributed by atoms with E-state index in [0.29, 0.717) is 24.6 Å². The summed E-state index contributed by atoms with van der Waals surface area (Å²) in [5.74, 6) is 0.431. The van der Waals surface area contributed by atoms with E-state index in [1.54, 1.807) is 24.0 Å². The monoisotopic (exact) mass is 477 g/mol. The average Bonchev–Trinajstić information content (AvgIpc) is 2.78. The molecular formula is C21H27N5O6S. The molecule has 1 amide bonds. The van der Waals surface area contributed by atoms with Crippen LogP contribution in [0.1, 0.15) is 27.2 Å². The lowest BCUT2D eigenvalue weighted by Gasteiger charge is -2.18. The van der Waals surface area contributed by atoms with Gasteiger partial charge in [0.25, 0.3) is 15.7 Å². The summed E-state index contributed by atoms with van der Waals surface area (Å²) in [6.07, 6.45) is 0.0494. The molecule has 33 heavy (non-hydrogen) atoms. The molecule has 0 atom stereocenters. The van der Waals surface area contributed by atoms with Crippen LogP contribution in [0.15, 0.2) is 52.5 Å². The molecule has 178 valence electrons. The Morgan fingerprint density at radius 1 is 1.15 bits per heavy atom. The first kappa shape index (κ1) is 25.6. The quantitative estimate of drug-likeness (QED) is 0.287. The topological polar surface area (TPSA) is 143 Å². The van der Waals surface area contributed by atoms with Crippen molar-refractivity contribution in [3.05, 3.63) is 52.6 Å². The number of methoxy groups -OCH3 is 1. The molecule has 0 aromatic heterocycles. The number of carbonyl (C=O) groups excluding carboxylic acids is 1. The van der Waals surface area contributed by atoms with Gasteiger partial charge in [-0.25, -0.2) is 8.42 Å². The molecule has 0 saturated carbocycles. The van der Waals surface area contributed by atoms with E-state index in [0.717, 1.165) is 6.07 Å². The smallest absolute Gasteiger partial charge is 0.270 e. The van der Waals surface area contributed by atoms with Crippen LogP contribution in [0.2, 0.25) is 0 Å². The van der Waals surface area contributed by atoms with Crippen molar-refractivity contribution in [1.82, 2.24) is 4.90 Å².